The van der Waals surface area contributed by atoms with Crippen molar-refractivity contribution in [3.63, 3.8) is 0 Å². The quantitative estimate of drug-likeness (QED) is 0.339. The fourth-order valence-corrected chi connectivity index (χ4v) is 2.21. The maximum Gasteiger partial charge on any atom is 0.305 e. The highest BCUT2D eigenvalue weighted by atomic mass is 16.5. The largest absolute Gasteiger partial charge is 0.494 e. The van der Waals surface area contributed by atoms with Gasteiger partial charge in [0.15, 0.2) is 0 Å². The van der Waals surface area contributed by atoms with Gasteiger partial charge in [-0.3, -0.25) is 9.59 Å². The summed E-state index contributed by atoms with van der Waals surface area (Å²) in [6, 6.07) is 7.00. The third kappa shape index (κ3) is 9.30. The van der Waals surface area contributed by atoms with Crippen molar-refractivity contribution >= 4 is 12.3 Å². The van der Waals surface area contributed by atoms with E-state index in [0.29, 0.717) is 30.8 Å². The van der Waals surface area contributed by atoms with Crippen molar-refractivity contribution in [3.8, 4) is 5.75 Å². The predicted molar refractivity (Wildman–Crippen MR) is 92.3 cm³/mol. The molecule has 0 heterocycles. The molecule has 24 heavy (non-hydrogen) atoms. The predicted octanol–water partition coefficient (Wildman–Crippen LogP) is 3.53. The molecule has 1 N–H and O–H groups in total. The first-order valence-corrected chi connectivity index (χ1v) is 8.67. The van der Waals surface area contributed by atoms with Crippen LogP contribution in [0.25, 0.3) is 0 Å². The van der Waals surface area contributed by atoms with Crippen LogP contribution in [0, 0.1) is 0 Å². The molecule has 0 aliphatic rings. The lowest BCUT2D eigenvalue weighted by Gasteiger charge is -2.11. The second-order valence-corrected chi connectivity index (χ2v) is 5.83. The Morgan fingerprint density at radius 1 is 1.25 bits per heavy atom. The molecule has 5 heteroatoms. The number of carbonyl (C=O) groups excluding carboxylic acids is 2. The Bertz CT molecular complexity index is 486. The molecule has 0 bridgehead atoms. The minimum absolute atomic E-state index is 0.0627. The average molecular weight is 336 g/mol. The number of ether oxygens (including phenoxy) is 2. The molecule has 1 aromatic carbocycles. The van der Waals surface area contributed by atoms with Crippen molar-refractivity contribution in [3.05, 3.63) is 29.8 Å². The van der Waals surface area contributed by atoms with E-state index in [-0.39, 0.29) is 12.6 Å². The summed E-state index contributed by atoms with van der Waals surface area (Å²) in [5.74, 6) is 0.432. The zero-order valence-electron chi connectivity index (χ0n) is 14.4. The van der Waals surface area contributed by atoms with E-state index in [9.17, 15) is 14.7 Å². The molecular weight excluding hydrogens is 308 g/mol. The molecule has 1 rings (SSSR count). The summed E-state index contributed by atoms with van der Waals surface area (Å²) in [5, 5.41) is 9.80. The van der Waals surface area contributed by atoms with Gasteiger partial charge in [-0.1, -0.05) is 31.9 Å². The first-order valence-electron chi connectivity index (χ1n) is 8.67. The van der Waals surface area contributed by atoms with Crippen molar-refractivity contribution in [2.75, 3.05) is 13.2 Å². The maximum absolute atomic E-state index is 11.4. The molecule has 0 aliphatic heterocycles. The standard InChI is InChI=1S/C19H28O5/c1-2-3-4-11-19(22)24-15-17(21)9-5-6-12-23-18-10-7-8-16(13-18)14-20/h7-8,10,13-14,17,21H,2-6,9,11-12,15H2,1H3/t17-/m0/s1. The molecule has 0 amide bonds. The lowest BCUT2D eigenvalue weighted by Crippen LogP contribution is -2.18. The lowest BCUT2D eigenvalue weighted by atomic mass is 10.1. The highest BCUT2D eigenvalue weighted by molar-refractivity contribution is 5.75. The van der Waals surface area contributed by atoms with Gasteiger partial charge < -0.3 is 14.6 Å². The van der Waals surface area contributed by atoms with Gasteiger partial charge in [0.05, 0.1) is 12.7 Å². The van der Waals surface area contributed by atoms with Crippen LogP contribution in [0.4, 0.5) is 0 Å². The van der Waals surface area contributed by atoms with Gasteiger partial charge >= 0.3 is 5.97 Å². The fraction of sp³-hybridized carbons (Fsp3) is 0.579. The van der Waals surface area contributed by atoms with Gasteiger partial charge in [0.1, 0.15) is 18.6 Å². The number of aliphatic hydroxyl groups is 1. The average Bonchev–Trinajstić information content (AvgIpc) is 2.60. The molecule has 134 valence electrons. The van der Waals surface area contributed by atoms with Gasteiger partial charge in [0.2, 0.25) is 0 Å². The van der Waals surface area contributed by atoms with E-state index >= 15 is 0 Å². The number of benzene rings is 1. The van der Waals surface area contributed by atoms with Gasteiger partial charge in [0, 0.05) is 12.0 Å². The molecule has 0 spiro atoms. The fourth-order valence-electron chi connectivity index (χ4n) is 2.21. The molecule has 0 aliphatic carbocycles. The Morgan fingerprint density at radius 2 is 2.08 bits per heavy atom. The van der Waals surface area contributed by atoms with Crippen LogP contribution in [0.1, 0.15) is 62.2 Å². The van der Waals surface area contributed by atoms with Gasteiger partial charge in [-0.15, -0.1) is 0 Å². The SMILES string of the molecule is CCCCCC(=O)OC[C@@H](O)CCCCOc1cccc(C=O)c1. The van der Waals surface area contributed by atoms with Gasteiger partial charge in [0.25, 0.3) is 0 Å². The minimum atomic E-state index is -0.626. The summed E-state index contributed by atoms with van der Waals surface area (Å²) in [7, 11) is 0. The van der Waals surface area contributed by atoms with Crippen molar-refractivity contribution < 1.29 is 24.2 Å². The van der Waals surface area contributed by atoms with Crippen molar-refractivity contribution in [2.24, 2.45) is 0 Å². The molecule has 0 saturated carbocycles. The summed E-state index contributed by atoms with van der Waals surface area (Å²) in [6.45, 7) is 2.66. The molecule has 1 aromatic rings. The zero-order valence-corrected chi connectivity index (χ0v) is 14.4. The maximum atomic E-state index is 11.4. The summed E-state index contributed by atoms with van der Waals surface area (Å²) < 4.78 is 10.6. The highest BCUT2D eigenvalue weighted by Crippen LogP contribution is 2.13. The Hall–Kier alpha value is -1.88. The van der Waals surface area contributed by atoms with Crippen LogP contribution in [-0.2, 0) is 9.53 Å². The molecular formula is C19H28O5. The van der Waals surface area contributed by atoms with Crippen LogP contribution in [0.3, 0.4) is 0 Å². The van der Waals surface area contributed by atoms with Gasteiger partial charge in [-0.05, 0) is 37.8 Å². The smallest absolute Gasteiger partial charge is 0.305 e. The number of rotatable bonds is 13. The van der Waals surface area contributed by atoms with Crippen molar-refractivity contribution in [1.82, 2.24) is 0 Å². The molecule has 1 atom stereocenters. The van der Waals surface area contributed by atoms with Gasteiger partial charge in [-0.2, -0.15) is 0 Å². The Balaban J connectivity index is 2.05. The first kappa shape index (κ1) is 20.2. The minimum Gasteiger partial charge on any atom is -0.494 e. The summed E-state index contributed by atoms with van der Waals surface area (Å²) >= 11 is 0. The number of hydrogen-bond acceptors (Lipinski definition) is 5. The van der Waals surface area contributed by atoms with Crippen molar-refractivity contribution in [2.45, 2.75) is 58.0 Å². The van der Waals surface area contributed by atoms with Crippen LogP contribution in [0.15, 0.2) is 24.3 Å². The second kappa shape index (κ2) is 12.5. The Kier molecular flexibility index (Phi) is 10.5. The third-order valence-corrected chi connectivity index (χ3v) is 3.62. The van der Waals surface area contributed by atoms with Crippen LogP contribution in [0.2, 0.25) is 0 Å². The third-order valence-electron chi connectivity index (χ3n) is 3.62. The highest BCUT2D eigenvalue weighted by Gasteiger charge is 2.08. The number of carbonyl (C=O) groups is 2. The van der Waals surface area contributed by atoms with E-state index in [1.807, 2.05) is 0 Å². The Labute approximate surface area is 144 Å². The molecule has 5 nitrogen and oxygen atoms in total. The normalized spacial score (nSPS) is 11.8. The topological polar surface area (TPSA) is 72.8 Å². The summed E-state index contributed by atoms with van der Waals surface area (Å²) in [6.07, 6.45) is 5.65. The molecule has 0 fully saturated rings. The van der Waals surface area contributed by atoms with Crippen LogP contribution < -0.4 is 4.74 Å². The molecule has 0 radical (unpaired) electrons. The number of aliphatic hydroxyl groups excluding tert-OH is 1. The van der Waals surface area contributed by atoms with Crippen LogP contribution >= 0.6 is 0 Å². The Morgan fingerprint density at radius 3 is 2.83 bits per heavy atom. The summed E-state index contributed by atoms with van der Waals surface area (Å²) in [5.41, 5.74) is 0.587. The zero-order chi connectivity index (χ0) is 17.6. The molecule has 0 aromatic heterocycles. The number of unbranched alkanes of at least 4 members (excludes halogenated alkanes) is 3. The van der Waals surface area contributed by atoms with E-state index < -0.39 is 6.10 Å². The van der Waals surface area contributed by atoms with E-state index in [1.165, 1.54) is 0 Å². The van der Waals surface area contributed by atoms with E-state index in [4.69, 9.17) is 9.47 Å². The second-order valence-electron chi connectivity index (χ2n) is 5.83. The summed E-state index contributed by atoms with van der Waals surface area (Å²) in [4.78, 5) is 22.1. The van der Waals surface area contributed by atoms with Gasteiger partial charge in [-0.25, -0.2) is 0 Å². The van der Waals surface area contributed by atoms with E-state index in [2.05, 4.69) is 6.92 Å². The lowest BCUT2D eigenvalue weighted by molar-refractivity contribution is -0.146. The van der Waals surface area contributed by atoms with Crippen molar-refractivity contribution in [1.29, 1.82) is 0 Å². The monoisotopic (exact) mass is 336 g/mol. The van der Waals surface area contributed by atoms with Crippen LogP contribution in [0.5, 0.6) is 5.75 Å². The number of esters is 1. The van der Waals surface area contributed by atoms with E-state index in [1.54, 1.807) is 24.3 Å². The molecule has 0 saturated heterocycles. The number of aldehydes is 1. The first-order chi connectivity index (χ1) is 11.7. The number of hydrogen-bond donors (Lipinski definition) is 1. The molecule has 0 unspecified atom stereocenters. The van der Waals surface area contributed by atoms with E-state index in [0.717, 1.165) is 38.4 Å². The van der Waals surface area contributed by atoms with Crippen LogP contribution in [-0.4, -0.2) is 36.7 Å².